The van der Waals surface area contributed by atoms with Crippen LogP contribution in [0.15, 0.2) is 0 Å². The van der Waals surface area contributed by atoms with Crippen molar-refractivity contribution in [3.63, 3.8) is 0 Å². The average molecular weight is 229 g/mol. The molecule has 0 aromatic carbocycles. The van der Waals surface area contributed by atoms with Crippen molar-refractivity contribution in [2.75, 3.05) is 59.5 Å². The smallest absolute Gasteiger partial charge is 0.236 e. The van der Waals surface area contributed by atoms with E-state index in [1.807, 2.05) is 14.0 Å². The molecular weight excluding hydrogens is 206 g/mol. The van der Waals surface area contributed by atoms with Gasteiger partial charge in [0.15, 0.2) is 0 Å². The van der Waals surface area contributed by atoms with Gasteiger partial charge in [0.25, 0.3) is 0 Å². The van der Waals surface area contributed by atoms with Gasteiger partial charge in [0.1, 0.15) is 0 Å². The van der Waals surface area contributed by atoms with E-state index in [4.69, 9.17) is 4.74 Å². The number of amides is 1. The summed E-state index contributed by atoms with van der Waals surface area (Å²) in [6.07, 6.45) is 0. The zero-order chi connectivity index (χ0) is 11.8. The summed E-state index contributed by atoms with van der Waals surface area (Å²) in [5, 5.41) is 3.27. The van der Waals surface area contributed by atoms with E-state index in [0.717, 1.165) is 26.2 Å². The first-order valence-electron chi connectivity index (χ1n) is 5.98. The molecule has 0 saturated carbocycles. The Kier molecular flexibility index (Phi) is 6.37. The number of ether oxygens (including phenoxy) is 1. The number of nitrogens with one attached hydrogen (secondary N) is 1. The highest BCUT2D eigenvalue weighted by molar-refractivity contribution is 5.77. The van der Waals surface area contributed by atoms with Crippen LogP contribution in [-0.4, -0.2) is 75.2 Å². The van der Waals surface area contributed by atoms with E-state index < -0.39 is 0 Å². The fourth-order valence-electron chi connectivity index (χ4n) is 1.65. The van der Waals surface area contributed by atoms with Gasteiger partial charge in [0.05, 0.1) is 13.2 Å². The molecule has 1 fully saturated rings. The van der Waals surface area contributed by atoms with Gasteiger partial charge in [-0.2, -0.15) is 0 Å². The molecule has 0 unspecified atom stereocenters. The summed E-state index contributed by atoms with van der Waals surface area (Å²) in [4.78, 5) is 15.8. The van der Waals surface area contributed by atoms with Gasteiger partial charge in [-0.1, -0.05) is 0 Å². The number of rotatable bonds is 6. The molecule has 1 rings (SSSR count). The lowest BCUT2D eigenvalue weighted by Crippen LogP contribution is -2.48. The normalized spacial score (nSPS) is 17.4. The van der Waals surface area contributed by atoms with Crippen molar-refractivity contribution in [3.05, 3.63) is 0 Å². The third-order valence-corrected chi connectivity index (χ3v) is 2.77. The molecule has 16 heavy (non-hydrogen) atoms. The van der Waals surface area contributed by atoms with Crippen LogP contribution in [0.1, 0.15) is 6.92 Å². The van der Waals surface area contributed by atoms with Crippen LogP contribution in [-0.2, 0) is 9.53 Å². The molecule has 0 radical (unpaired) electrons. The fourth-order valence-corrected chi connectivity index (χ4v) is 1.65. The largest absolute Gasteiger partial charge is 0.380 e. The molecule has 0 spiro atoms. The third-order valence-electron chi connectivity index (χ3n) is 2.77. The van der Waals surface area contributed by atoms with Gasteiger partial charge in [-0.25, -0.2) is 0 Å². The van der Waals surface area contributed by atoms with E-state index in [0.29, 0.717) is 26.3 Å². The predicted octanol–water partition coefficient (Wildman–Crippen LogP) is -0.613. The van der Waals surface area contributed by atoms with Crippen LogP contribution in [0.5, 0.6) is 0 Å². The summed E-state index contributed by atoms with van der Waals surface area (Å²) in [6, 6.07) is 0. The Bertz CT molecular complexity index is 205. The molecule has 94 valence electrons. The Balaban J connectivity index is 2.16. The summed E-state index contributed by atoms with van der Waals surface area (Å²) >= 11 is 0. The third kappa shape index (κ3) is 4.92. The van der Waals surface area contributed by atoms with Crippen LogP contribution < -0.4 is 5.32 Å². The first-order valence-corrected chi connectivity index (χ1v) is 5.98. The van der Waals surface area contributed by atoms with Crippen molar-refractivity contribution in [2.45, 2.75) is 6.92 Å². The molecule has 1 amide bonds. The van der Waals surface area contributed by atoms with Crippen LogP contribution in [0.4, 0.5) is 0 Å². The molecule has 0 aromatic rings. The molecule has 5 nitrogen and oxygen atoms in total. The Hall–Kier alpha value is -0.650. The highest BCUT2D eigenvalue weighted by Crippen LogP contribution is 1.94. The summed E-state index contributed by atoms with van der Waals surface area (Å²) < 4.78 is 5.23. The van der Waals surface area contributed by atoms with Crippen molar-refractivity contribution < 1.29 is 9.53 Å². The Labute approximate surface area is 97.7 Å². The molecule has 0 atom stereocenters. The second kappa shape index (κ2) is 7.60. The van der Waals surface area contributed by atoms with Gasteiger partial charge in [-0.3, -0.25) is 9.69 Å². The van der Waals surface area contributed by atoms with E-state index in [-0.39, 0.29) is 5.91 Å². The Morgan fingerprint density at radius 1 is 1.44 bits per heavy atom. The summed E-state index contributed by atoms with van der Waals surface area (Å²) in [6.45, 7) is 8.40. The molecular formula is C11H23N3O2. The van der Waals surface area contributed by atoms with Crippen LogP contribution in [0.3, 0.4) is 0 Å². The zero-order valence-electron chi connectivity index (χ0n) is 10.4. The predicted molar refractivity (Wildman–Crippen MR) is 63.4 cm³/mol. The van der Waals surface area contributed by atoms with E-state index in [1.54, 1.807) is 4.90 Å². The number of nitrogens with zero attached hydrogens (tertiary/aromatic N) is 2. The zero-order valence-corrected chi connectivity index (χ0v) is 10.4. The fraction of sp³-hybridized carbons (Fsp3) is 0.909. The summed E-state index contributed by atoms with van der Waals surface area (Å²) in [5.41, 5.74) is 0. The molecule has 1 aliphatic heterocycles. The molecule has 0 aromatic heterocycles. The molecule has 1 aliphatic rings. The lowest BCUT2D eigenvalue weighted by atomic mass is 10.3. The van der Waals surface area contributed by atoms with E-state index in [1.165, 1.54) is 0 Å². The van der Waals surface area contributed by atoms with Crippen LogP contribution in [0, 0.1) is 0 Å². The SMILES string of the molecule is CCOCCN(C)C(=O)CN1CCNCC1. The van der Waals surface area contributed by atoms with Crippen molar-refractivity contribution in [3.8, 4) is 0 Å². The van der Waals surface area contributed by atoms with Gasteiger partial charge in [0, 0.05) is 46.4 Å². The van der Waals surface area contributed by atoms with E-state index in [2.05, 4.69) is 10.2 Å². The van der Waals surface area contributed by atoms with Gasteiger partial charge in [-0.05, 0) is 6.92 Å². The minimum absolute atomic E-state index is 0.182. The Morgan fingerprint density at radius 3 is 2.75 bits per heavy atom. The molecule has 0 aliphatic carbocycles. The lowest BCUT2D eigenvalue weighted by Gasteiger charge is -2.28. The first-order chi connectivity index (χ1) is 7.74. The maximum Gasteiger partial charge on any atom is 0.236 e. The highest BCUT2D eigenvalue weighted by atomic mass is 16.5. The maximum absolute atomic E-state index is 11.8. The highest BCUT2D eigenvalue weighted by Gasteiger charge is 2.15. The minimum Gasteiger partial charge on any atom is -0.380 e. The number of hydrogen-bond donors (Lipinski definition) is 1. The van der Waals surface area contributed by atoms with Crippen molar-refractivity contribution in [1.82, 2.24) is 15.1 Å². The first kappa shape index (κ1) is 13.4. The molecule has 1 heterocycles. The lowest BCUT2D eigenvalue weighted by molar-refractivity contribution is -0.131. The number of hydrogen-bond acceptors (Lipinski definition) is 4. The number of carbonyl (C=O) groups is 1. The van der Waals surface area contributed by atoms with Gasteiger partial charge < -0.3 is 15.0 Å². The number of likely N-dealkylation sites (N-methyl/N-ethyl adjacent to an activating group) is 1. The average Bonchev–Trinajstić information content (AvgIpc) is 2.30. The van der Waals surface area contributed by atoms with E-state index in [9.17, 15) is 4.79 Å². The standard InChI is InChI=1S/C11H23N3O2/c1-3-16-9-8-13(2)11(15)10-14-6-4-12-5-7-14/h12H,3-10H2,1-2H3. The van der Waals surface area contributed by atoms with Gasteiger partial charge >= 0.3 is 0 Å². The number of piperazine rings is 1. The second-order valence-corrected chi connectivity index (χ2v) is 4.04. The van der Waals surface area contributed by atoms with Gasteiger partial charge in [-0.15, -0.1) is 0 Å². The van der Waals surface area contributed by atoms with Crippen molar-refractivity contribution in [2.24, 2.45) is 0 Å². The summed E-state index contributed by atoms with van der Waals surface area (Å²) in [7, 11) is 1.84. The monoisotopic (exact) mass is 229 g/mol. The minimum atomic E-state index is 0.182. The molecule has 1 N–H and O–H groups in total. The van der Waals surface area contributed by atoms with Crippen molar-refractivity contribution >= 4 is 5.91 Å². The van der Waals surface area contributed by atoms with E-state index >= 15 is 0 Å². The molecule has 1 saturated heterocycles. The van der Waals surface area contributed by atoms with Crippen LogP contribution in [0.25, 0.3) is 0 Å². The topological polar surface area (TPSA) is 44.8 Å². The van der Waals surface area contributed by atoms with Gasteiger partial charge in [0.2, 0.25) is 5.91 Å². The Morgan fingerprint density at radius 2 is 2.12 bits per heavy atom. The molecule has 0 bridgehead atoms. The van der Waals surface area contributed by atoms with Crippen molar-refractivity contribution in [1.29, 1.82) is 0 Å². The van der Waals surface area contributed by atoms with Crippen LogP contribution >= 0.6 is 0 Å². The number of carbonyl (C=O) groups excluding carboxylic acids is 1. The second-order valence-electron chi connectivity index (χ2n) is 4.04. The van der Waals surface area contributed by atoms with Crippen LogP contribution in [0.2, 0.25) is 0 Å². The maximum atomic E-state index is 11.8. The quantitative estimate of drug-likeness (QED) is 0.617. The molecule has 5 heteroatoms. The summed E-state index contributed by atoms with van der Waals surface area (Å²) in [5.74, 6) is 0.182.